The minimum absolute atomic E-state index is 0.645. The van der Waals surface area contributed by atoms with E-state index in [-0.39, 0.29) is 0 Å². The summed E-state index contributed by atoms with van der Waals surface area (Å²) in [5.74, 6) is 0.776. The molecular formula is C18H32N2O. The van der Waals surface area contributed by atoms with Crippen LogP contribution in [0.4, 0.5) is 11.4 Å². The summed E-state index contributed by atoms with van der Waals surface area (Å²) < 4.78 is 5.50. The molecule has 1 rings (SSSR count). The molecular weight excluding hydrogens is 260 g/mol. The van der Waals surface area contributed by atoms with Crippen LogP contribution in [0.1, 0.15) is 65.2 Å². The Kier molecular flexibility index (Phi) is 9.51. The number of unbranched alkanes of at least 4 members (excludes halogenated alkanes) is 7. The van der Waals surface area contributed by atoms with Crippen molar-refractivity contribution in [1.82, 2.24) is 0 Å². The molecule has 0 heterocycles. The highest BCUT2D eigenvalue weighted by molar-refractivity contribution is 5.72. The van der Waals surface area contributed by atoms with Crippen molar-refractivity contribution in [2.45, 2.75) is 65.2 Å². The number of hydrogen-bond acceptors (Lipinski definition) is 3. The summed E-state index contributed by atoms with van der Waals surface area (Å²) in [5, 5.41) is 3.42. The van der Waals surface area contributed by atoms with Crippen molar-refractivity contribution in [3.8, 4) is 5.75 Å². The van der Waals surface area contributed by atoms with Gasteiger partial charge in [0.15, 0.2) is 0 Å². The number of nitrogens with two attached hydrogens (primary N) is 1. The van der Waals surface area contributed by atoms with Gasteiger partial charge >= 0.3 is 0 Å². The van der Waals surface area contributed by atoms with Gasteiger partial charge in [-0.3, -0.25) is 0 Å². The third-order valence-electron chi connectivity index (χ3n) is 3.71. The second-order valence-electron chi connectivity index (χ2n) is 5.55. The van der Waals surface area contributed by atoms with Crippen LogP contribution < -0.4 is 15.8 Å². The van der Waals surface area contributed by atoms with Crippen molar-refractivity contribution in [2.24, 2.45) is 0 Å². The van der Waals surface area contributed by atoms with Gasteiger partial charge in [-0.25, -0.2) is 0 Å². The van der Waals surface area contributed by atoms with Gasteiger partial charge in [0.2, 0.25) is 0 Å². The van der Waals surface area contributed by atoms with E-state index in [0.717, 1.165) is 23.7 Å². The fourth-order valence-corrected chi connectivity index (χ4v) is 2.46. The molecule has 3 N–H and O–H groups in total. The zero-order valence-corrected chi connectivity index (χ0v) is 13.8. The Bertz CT molecular complexity index is 379. The number of rotatable bonds is 12. The highest BCUT2D eigenvalue weighted by Crippen LogP contribution is 2.29. The van der Waals surface area contributed by atoms with E-state index < -0.39 is 0 Å². The zero-order valence-electron chi connectivity index (χ0n) is 13.8. The minimum Gasteiger partial charge on any atom is -0.492 e. The molecule has 21 heavy (non-hydrogen) atoms. The Labute approximate surface area is 130 Å². The summed E-state index contributed by atoms with van der Waals surface area (Å²) in [7, 11) is 0. The van der Waals surface area contributed by atoms with Crippen LogP contribution in [0.3, 0.4) is 0 Å². The van der Waals surface area contributed by atoms with Gasteiger partial charge in [0.1, 0.15) is 5.75 Å². The molecule has 3 nitrogen and oxygen atoms in total. The topological polar surface area (TPSA) is 47.3 Å². The van der Waals surface area contributed by atoms with E-state index in [9.17, 15) is 0 Å². The number of ether oxygens (including phenoxy) is 1. The largest absolute Gasteiger partial charge is 0.492 e. The summed E-state index contributed by atoms with van der Waals surface area (Å²) in [5.41, 5.74) is 7.80. The van der Waals surface area contributed by atoms with Crippen molar-refractivity contribution in [2.75, 3.05) is 24.2 Å². The molecule has 3 heteroatoms. The highest BCUT2D eigenvalue weighted by atomic mass is 16.5. The van der Waals surface area contributed by atoms with Crippen molar-refractivity contribution in [3.05, 3.63) is 18.2 Å². The standard InChI is InChI=1S/C18H32N2O/c1-3-5-6-7-8-9-10-11-15-20-16-13-12-14-17(18(16)19)21-4-2/h12-14,20H,3-11,15,19H2,1-2H3. The molecule has 120 valence electrons. The van der Waals surface area contributed by atoms with Crippen LogP contribution in [0.5, 0.6) is 5.75 Å². The molecule has 0 fully saturated rings. The lowest BCUT2D eigenvalue weighted by molar-refractivity contribution is 0.342. The predicted molar refractivity (Wildman–Crippen MR) is 93.1 cm³/mol. The zero-order chi connectivity index (χ0) is 15.3. The maximum atomic E-state index is 6.09. The van der Waals surface area contributed by atoms with Crippen molar-refractivity contribution in [3.63, 3.8) is 0 Å². The van der Waals surface area contributed by atoms with Gasteiger partial charge in [-0.2, -0.15) is 0 Å². The number of hydrogen-bond donors (Lipinski definition) is 2. The third kappa shape index (κ3) is 7.26. The molecule has 0 radical (unpaired) electrons. The van der Waals surface area contributed by atoms with Crippen LogP contribution >= 0.6 is 0 Å². The monoisotopic (exact) mass is 292 g/mol. The molecule has 0 aliphatic rings. The van der Waals surface area contributed by atoms with E-state index in [1.54, 1.807) is 0 Å². The SMILES string of the molecule is CCCCCCCCCCNc1cccc(OCC)c1N. The average Bonchev–Trinajstić information content (AvgIpc) is 2.49. The summed E-state index contributed by atoms with van der Waals surface area (Å²) >= 11 is 0. The van der Waals surface area contributed by atoms with Gasteiger partial charge in [-0.1, -0.05) is 57.9 Å². The van der Waals surface area contributed by atoms with Gasteiger partial charge in [0, 0.05) is 6.54 Å². The van der Waals surface area contributed by atoms with Crippen LogP contribution in [0.2, 0.25) is 0 Å². The molecule has 0 aliphatic heterocycles. The molecule has 0 spiro atoms. The fraction of sp³-hybridized carbons (Fsp3) is 0.667. The molecule has 1 aromatic rings. The predicted octanol–water partition coefficient (Wildman–Crippen LogP) is 5.22. The van der Waals surface area contributed by atoms with Crippen molar-refractivity contribution >= 4 is 11.4 Å². The van der Waals surface area contributed by atoms with E-state index in [0.29, 0.717) is 6.61 Å². The molecule has 0 aromatic heterocycles. The summed E-state index contributed by atoms with van der Waals surface area (Å²) in [6.07, 6.45) is 10.7. The first-order valence-corrected chi connectivity index (χ1v) is 8.54. The van der Waals surface area contributed by atoms with Crippen LogP contribution in [0.15, 0.2) is 18.2 Å². The smallest absolute Gasteiger partial charge is 0.144 e. The van der Waals surface area contributed by atoms with E-state index in [1.165, 1.54) is 51.4 Å². The Balaban J connectivity index is 2.14. The lowest BCUT2D eigenvalue weighted by Crippen LogP contribution is -2.06. The maximum Gasteiger partial charge on any atom is 0.144 e. The third-order valence-corrected chi connectivity index (χ3v) is 3.71. The van der Waals surface area contributed by atoms with Gasteiger partial charge in [0.05, 0.1) is 18.0 Å². The van der Waals surface area contributed by atoms with Gasteiger partial charge in [-0.15, -0.1) is 0 Å². The normalized spacial score (nSPS) is 10.6. The van der Waals surface area contributed by atoms with Gasteiger partial charge in [-0.05, 0) is 25.5 Å². The minimum atomic E-state index is 0.645. The Morgan fingerprint density at radius 2 is 1.62 bits per heavy atom. The van der Waals surface area contributed by atoms with E-state index in [4.69, 9.17) is 10.5 Å². The summed E-state index contributed by atoms with van der Waals surface area (Å²) in [6, 6.07) is 5.92. The molecule has 0 unspecified atom stereocenters. The fourth-order valence-electron chi connectivity index (χ4n) is 2.46. The second-order valence-corrected chi connectivity index (χ2v) is 5.55. The number of benzene rings is 1. The number of nitrogen functional groups attached to an aromatic ring is 1. The first kappa shape index (κ1) is 17.7. The van der Waals surface area contributed by atoms with E-state index in [1.807, 2.05) is 25.1 Å². The number of anilines is 2. The van der Waals surface area contributed by atoms with Crippen LogP contribution in [0, 0.1) is 0 Å². The lowest BCUT2D eigenvalue weighted by Gasteiger charge is -2.13. The van der Waals surface area contributed by atoms with Crippen LogP contribution in [0.25, 0.3) is 0 Å². The van der Waals surface area contributed by atoms with E-state index in [2.05, 4.69) is 12.2 Å². The highest BCUT2D eigenvalue weighted by Gasteiger charge is 2.04. The average molecular weight is 292 g/mol. The second kappa shape index (κ2) is 11.3. The molecule has 0 saturated heterocycles. The van der Waals surface area contributed by atoms with Crippen molar-refractivity contribution in [1.29, 1.82) is 0 Å². The molecule has 0 atom stereocenters. The first-order valence-electron chi connectivity index (χ1n) is 8.54. The van der Waals surface area contributed by atoms with Crippen molar-refractivity contribution < 1.29 is 4.74 Å². The molecule has 0 bridgehead atoms. The molecule has 0 amide bonds. The molecule has 0 saturated carbocycles. The summed E-state index contributed by atoms with van der Waals surface area (Å²) in [4.78, 5) is 0. The van der Waals surface area contributed by atoms with Crippen LogP contribution in [-0.4, -0.2) is 13.2 Å². The molecule has 1 aromatic carbocycles. The quantitative estimate of drug-likeness (QED) is 0.410. The Hall–Kier alpha value is -1.38. The Morgan fingerprint density at radius 1 is 0.952 bits per heavy atom. The molecule has 0 aliphatic carbocycles. The summed E-state index contributed by atoms with van der Waals surface area (Å²) in [6.45, 7) is 5.86. The first-order chi connectivity index (χ1) is 10.3. The van der Waals surface area contributed by atoms with Crippen LogP contribution in [-0.2, 0) is 0 Å². The van der Waals surface area contributed by atoms with E-state index >= 15 is 0 Å². The number of para-hydroxylation sites is 1. The van der Waals surface area contributed by atoms with Gasteiger partial charge in [0.25, 0.3) is 0 Å². The lowest BCUT2D eigenvalue weighted by atomic mass is 10.1. The Morgan fingerprint density at radius 3 is 2.29 bits per heavy atom. The number of nitrogens with one attached hydrogen (secondary N) is 1. The van der Waals surface area contributed by atoms with Gasteiger partial charge < -0.3 is 15.8 Å². The maximum absolute atomic E-state index is 6.09.